The highest BCUT2D eigenvalue weighted by molar-refractivity contribution is 5.77. The summed E-state index contributed by atoms with van der Waals surface area (Å²) in [6.45, 7) is 5.24. The molecule has 0 bridgehead atoms. The van der Waals surface area contributed by atoms with Crippen molar-refractivity contribution in [3.05, 3.63) is 47.5 Å². The molecule has 0 aromatic carbocycles. The van der Waals surface area contributed by atoms with Crippen molar-refractivity contribution in [2.75, 3.05) is 6.54 Å². The number of amides is 2. The number of likely N-dealkylation sites (tertiary alicyclic amines) is 1. The van der Waals surface area contributed by atoms with Crippen molar-refractivity contribution < 1.29 is 9.59 Å². The lowest BCUT2D eigenvalue weighted by Gasteiger charge is -2.25. The van der Waals surface area contributed by atoms with E-state index in [2.05, 4.69) is 15.4 Å². The van der Waals surface area contributed by atoms with Gasteiger partial charge in [0, 0.05) is 38.3 Å². The highest BCUT2D eigenvalue weighted by Gasteiger charge is 2.30. The summed E-state index contributed by atoms with van der Waals surface area (Å²) >= 11 is 0. The Morgan fingerprint density at radius 3 is 2.88 bits per heavy atom. The molecular weight excluding hydrogens is 330 g/mol. The minimum Gasteiger partial charge on any atom is -0.351 e. The second kappa shape index (κ2) is 8.12. The van der Waals surface area contributed by atoms with Gasteiger partial charge in [0.1, 0.15) is 0 Å². The Morgan fingerprint density at radius 2 is 2.15 bits per heavy atom. The second-order valence-corrected chi connectivity index (χ2v) is 6.65. The van der Waals surface area contributed by atoms with Crippen LogP contribution in [0.25, 0.3) is 0 Å². The quantitative estimate of drug-likeness (QED) is 0.859. The Balaban J connectivity index is 1.65. The van der Waals surface area contributed by atoms with Crippen LogP contribution in [0.2, 0.25) is 0 Å². The number of hydrogen-bond donors (Lipinski definition) is 1. The van der Waals surface area contributed by atoms with Crippen molar-refractivity contribution in [1.29, 1.82) is 0 Å². The third-order valence-corrected chi connectivity index (χ3v) is 4.73. The van der Waals surface area contributed by atoms with Crippen molar-refractivity contribution in [3.63, 3.8) is 0 Å². The maximum atomic E-state index is 12.7. The summed E-state index contributed by atoms with van der Waals surface area (Å²) in [5, 5.41) is 7.00. The molecule has 0 aliphatic carbocycles. The van der Waals surface area contributed by atoms with E-state index in [-0.39, 0.29) is 17.9 Å². The molecule has 2 amide bonds. The van der Waals surface area contributed by atoms with Gasteiger partial charge in [-0.25, -0.2) is 0 Å². The summed E-state index contributed by atoms with van der Waals surface area (Å²) in [6.07, 6.45) is 4.09. The van der Waals surface area contributed by atoms with Gasteiger partial charge >= 0.3 is 0 Å². The van der Waals surface area contributed by atoms with Gasteiger partial charge in [0.2, 0.25) is 11.8 Å². The van der Waals surface area contributed by atoms with E-state index in [1.54, 1.807) is 6.20 Å². The third-order valence-electron chi connectivity index (χ3n) is 4.73. The summed E-state index contributed by atoms with van der Waals surface area (Å²) in [5.41, 5.74) is 2.77. The molecule has 1 N–H and O–H groups in total. The Morgan fingerprint density at radius 1 is 1.31 bits per heavy atom. The number of aromatic nitrogens is 3. The summed E-state index contributed by atoms with van der Waals surface area (Å²) in [5.74, 6) is 0.0558. The fraction of sp³-hybridized carbons (Fsp3) is 0.474. The molecule has 0 spiro atoms. The molecule has 1 saturated heterocycles. The van der Waals surface area contributed by atoms with Crippen LogP contribution >= 0.6 is 0 Å². The van der Waals surface area contributed by atoms with E-state index in [1.165, 1.54) is 6.92 Å². The van der Waals surface area contributed by atoms with Crippen LogP contribution in [0.1, 0.15) is 49.3 Å². The predicted octanol–water partition coefficient (Wildman–Crippen LogP) is 1.98. The van der Waals surface area contributed by atoms with Gasteiger partial charge in [-0.15, -0.1) is 0 Å². The fourth-order valence-corrected chi connectivity index (χ4v) is 3.35. The second-order valence-electron chi connectivity index (χ2n) is 6.65. The zero-order chi connectivity index (χ0) is 18.5. The first-order valence-corrected chi connectivity index (χ1v) is 9.03. The summed E-state index contributed by atoms with van der Waals surface area (Å²) in [7, 11) is 0. The van der Waals surface area contributed by atoms with Crippen LogP contribution in [0.3, 0.4) is 0 Å². The van der Waals surface area contributed by atoms with Crippen molar-refractivity contribution in [3.8, 4) is 0 Å². The van der Waals surface area contributed by atoms with Crippen molar-refractivity contribution in [1.82, 2.24) is 25.0 Å². The van der Waals surface area contributed by atoms with Gasteiger partial charge in [0.05, 0.1) is 24.0 Å². The Labute approximate surface area is 153 Å². The normalized spacial score (nSPS) is 16.7. The van der Waals surface area contributed by atoms with E-state index in [0.29, 0.717) is 19.5 Å². The van der Waals surface area contributed by atoms with Crippen LogP contribution in [-0.2, 0) is 22.7 Å². The van der Waals surface area contributed by atoms with E-state index in [1.807, 2.05) is 40.8 Å². The minimum atomic E-state index is -0.0798. The van der Waals surface area contributed by atoms with Crippen LogP contribution in [0.4, 0.5) is 0 Å². The molecule has 2 aromatic rings. The first kappa shape index (κ1) is 18.1. The molecule has 2 aromatic heterocycles. The molecule has 0 radical (unpaired) electrons. The Hall–Kier alpha value is -2.70. The number of rotatable bonds is 6. The molecule has 3 rings (SSSR count). The van der Waals surface area contributed by atoms with E-state index in [0.717, 1.165) is 36.5 Å². The SMILES string of the molecule is CC(=O)NCc1cccc([C@H]2CCCN2C(=O)CCn2nccc2C)n1. The molecule has 138 valence electrons. The molecule has 0 unspecified atom stereocenters. The number of pyridine rings is 1. The van der Waals surface area contributed by atoms with E-state index >= 15 is 0 Å². The third kappa shape index (κ3) is 4.28. The number of carbonyl (C=O) groups is 2. The molecule has 7 nitrogen and oxygen atoms in total. The van der Waals surface area contributed by atoms with Crippen molar-refractivity contribution in [2.24, 2.45) is 0 Å². The van der Waals surface area contributed by atoms with E-state index in [4.69, 9.17) is 0 Å². The molecular formula is C19H25N5O2. The highest BCUT2D eigenvalue weighted by atomic mass is 16.2. The Bertz CT molecular complexity index is 786. The standard InChI is InChI=1S/C19H25N5O2/c1-14-8-10-21-24(14)12-9-19(26)23-11-4-7-18(23)17-6-3-5-16(22-17)13-20-15(2)25/h3,5-6,8,10,18H,4,7,9,11-13H2,1-2H3,(H,20,25)/t18-/m1/s1. The maximum absolute atomic E-state index is 12.7. The molecule has 1 atom stereocenters. The van der Waals surface area contributed by atoms with Crippen LogP contribution in [-0.4, -0.2) is 38.0 Å². The van der Waals surface area contributed by atoms with E-state index in [9.17, 15) is 9.59 Å². The average Bonchev–Trinajstić information content (AvgIpc) is 3.27. The lowest BCUT2D eigenvalue weighted by atomic mass is 10.1. The number of aryl methyl sites for hydroxylation is 2. The first-order chi connectivity index (χ1) is 12.5. The number of nitrogens with one attached hydrogen (secondary N) is 1. The van der Waals surface area contributed by atoms with Gasteiger partial charge in [0.25, 0.3) is 0 Å². The lowest BCUT2D eigenvalue weighted by Crippen LogP contribution is -2.32. The summed E-state index contributed by atoms with van der Waals surface area (Å²) in [6, 6.07) is 7.74. The summed E-state index contributed by atoms with van der Waals surface area (Å²) < 4.78 is 1.86. The highest BCUT2D eigenvalue weighted by Crippen LogP contribution is 2.31. The topological polar surface area (TPSA) is 80.1 Å². The van der Waals surface area contributed by atoms with Crippen LogP contribution in [0.15, 0.2) is 30.5 Å². The molecule has 7 heteroatoms. The molecule has 3 heterocycles. The van der Waals surface area contributed by atoms with Gasteiger partial charge in [-0.2, -0.15) is 5.10 Å². The first-order valence-electron chi connectivity index (χ1n) is 9.03. The van der Waals surface area contributed by atoms with Gasteiger partial charge in [0.15, 0.2) is 0 Å². The van der Waals surface area contributed by atoms with Gasteiger partial charge < -0.3 is 10.2 Å². The number of hydrogen-bond acceptors (Lipinski definition) is 4. The monoisotopic (exact) mass is 355 g/mol. The van der Waals surface area contributed by atoms with Crippen LogP contribution < -0.4 is 5.32 Å². The molecule has 26 heavy (non-hydrogen) atoms. The van der Waals surface area contributed by atoms with E-state index < -0.39 is 0 Å². The summed E-state index contributed by atoms with van der Waals surface area (Å²) in [4.78, 5) is 30.4. The van der Waals surface area contributed by atoms with Crippen LogP contribution in [0.5, 0.6) is 0 Å². The van der Waals surface area contributed by atoms with Crippen molar-refractivity contribution >= 4 is 11.8 Å². The fourth-order valence-electron chi connectivity index (χ4n) is 3.35. The number of carbonyl (C=O) groups excluding carboxylic acids is 2. The largest absolute Gasteiger partial charge is 0.351 e. The molecule has 1 fully saturated rings. The zero-order valence-corrected chi connectivity index (χ0v) is 15.3. The maximum Gasteiger partial charge on any atom is 0.224 e. The van der Waals surface area contributed by atoms with Crippen molar-refractivity contribution in [2.45, 2.75) is 52.2 Å². The average molecular weight is 355 g/mol. The molecule has 1 aliphatic heterocycles. The molecule has 1 aliphatic rings. The van der Waals surface area contributed by atoms with Gasteiger partial charge in [-0.05, 0) is 38.0 Å². The minimum absolute atomic E-state index is 0.0125. The zero-order valence-electron chi connectivity index (χ0n) is 15.3. The lowest BCUT2D eigenvalue weighted by molar-refractivity contribution is -0.132. The Kier molecular flexibility index (Phi) is 5.65. The van der Waals surface area contributed by atoms with Gasteiger partial charge in [-0.1, -0.05) is 6.07 Å². The van der Waals surface area contributed by atoms with Gasteiger partial charge in [-0.3, -0.25) is 19.3 Å². The smallest absolute Gasteiger partial charge is 0.224 e. The van der Waals surface area contributed by atoms with Crippen LogP contribution in [0, 0.1) is 6.92 Å². The molecule has 0 saturated carbocycles. The number of nitrogens with zero attached hydrogens (tertiary/aromatic N) is 4. The predicted molar refractivity (Wildman–Crippen MR) is 97.0 cm³/mol.